The second-order valence-corrected chi connectivity index (χ2v) is 23.9. The van der Waals surface area contributed by atoms with Crippen molar-refractivity contribution >= 4 is 64.6 Å². The molecule has 2 bridgehead atoms. The maximum Gasteiger partial charge on any atom is 0.355 e. The molecule has 0 radical (unpaired) electrons. The van der Waals surface area contributed by atoms with E-state index in [1.165, 1.54) is 11.3 Å². The summed E-state index contributed by atoms with van der Waals surface area (Å²) in [5.74, 6) is -0.823. The molecule has 19 nitrogen and oxygen atoms in total. The number of amides is 1. The van der Waals surface area contributed by atoms with Crippen LogP contribution in [-0.2, 0) is 44.5 Å². The monoisotopic (exact) mass is 1020 g/mol. The van der Waals surface area contributed by atoms with E-state index in [-0.39, 0.29) is 60.5 Å². The van der Waals surface area contributed by atoms with Gasteiger partial charge in [0.15, 0.2) is 10.8 Å². The van der Waals surface area contributed by atoms with Crippen LogP contribution in [0.25, 0.3) is 21.3 Å². The SMILES string of the molecule is Cc1c(-c2ccc(N3CCc4c(OCCNCCS(=O)(=O)O)ccc(C(=O)Nc5nc6ccccc6s5)c4C3)nc2C(=O)O)cnn1CC12CC(C)CC(C)(CC(OCCN(C)CCS(=O)(=O)O)C1)C2. The minimum Gasteiger partial charge on any atom is -0.492 e. The number of anilines is 2. The first-order chi connectivity index (χ1) is 33.2. The fourth-order valence-corrected chi connectivity index (χ4v) is 13.0. The molecule has 4 heterocycles. The zero-order valence-corrected chi connectivity index (χ0v) is 42.3. The molecule has 8 rings (SSSR count). The normalized spacial score (nSPS) is 21.5. The molecule has 4 atom stereocenters. The summed E-state index contributed by atoms with van der Waals surface area (Å²) in [6.45, 7) is 9.63. The molecule has 2 saturated carbocycles. The number of hydrogen-bond acceptors (Lipinski definition) is 15. The Morgan fingerprint density at radius 2 is 1.71 bits per heavy atom. The number of fused-ring (bicyclic) bond motifs is 4. The van der Waals surface area contributed by atoms with Crippen molar-refractivity contribution < 1.29 is 50.1 Å². The molecule has 1 aliphatic heterocycles. The highest BCUT2D eigenvalue weighted by Crippen LogP contribution is 2.58. The van der Waals surface area contributed by atoms with Crippen molar-refractivity contribution in [3.05, 3.63) is 82.8 Å². The second kappa shape index (κ2) is 21.0. The number of ether oxygens (including phenoxy) is 2. The lowest BCUT2D eigenvalue weighted by molar-refractivity contribution is -0.111. The molecule has 5 N–H and O–H groups in total. The van der Waals surface area contributed by atoms with Crippen molar-refractivity contribution in [1.29, 1.82) is 0 Å². The molecule has 70 heavy (non-hydrogen) atoms. The van der Waals surface area contributed by atoms with Gasteiger partial charge >= 0.3 is 5.97 Å². The molecule has 0 saturated heterocycles. The quantitative estimate of drug-likeness (QED) is 0.0414. The first-order valence-electron chi connectivity index (χ1n) is 23.5. The largest absolute Gasteiger partial charge is 0.492 e. The van der Waals surface area contributed by atoms with Gasteiger partial charge in [0, 0.05) is 73.8 Å². The summed E-state index contributed by atoms with van der Waals surface area (Å²) in [7, 11) is -6.34. The number of aromatic nitrogens is 4. The van der Waals surface area contributed by atoms with Gasteiger partial charge in [-0.1, -0.05) is 37.3 Å². The van der Waals surface area contributed by atoms with E-state index in [0.29, 0.717) is 84.1 Å². The van der Waals surface area contributed by atoms with Crippen LogP contribution in [0.4, 0.5) is 10.9 Å². The van der Waals surface area contributed by atoms with E-state index in [9.17, 15) is 31.5 Å². The predicted molar refractivity (Wildman–Crippen MR) is 267 cm³/mol. The molecular weight excluding hydrogens is 961 g/mol. The Morgan fingerprint density at radius 1 is 0.929 bits per heavy atom. The number of aromatic carboxylic acids is 1. The number of rotatable bonds is 21. The molecule has 3 aliphatic rings. The number of carbonyl (C=O) groups is 2. The van der Waals surface area contributed by atoms with Crippen LogP contribution in [0.5, 0.6) is 5.75 Å². The van der Waals surface area contributed by atoms with Crippen molar-refractivity contribution in [3.8, 4) is 16.9 Å². The summed E-state index contributed by atoms with van der Waals surface area (Å²) in [6, 6.07) is 14.6. The number of benzene rings is 2. The Morgan fingerprint density at radius 3 is 2.47 bits per heavy atom. The summed E-state index contributed by atoms with van der Waals surface area (Å²) in [5.41, 5.74) is 4.44. The number of carboxylic acids is 1. The van der Waals surface area contributed by atoms with Gasteiger partial charge in [-0.3, -0.25) is 23.9 Å². The Balaban J connectivity index is 1.01. The Labute approximate surface area is 412 Å². The molecule has 2 fully saturated rings. The lowest BCUT2D eigenvalue weighted by atomic mass is 9.52. The van der Waals surface area contributed by atoms with Crippen molar-refractivity contribution in [2.45, 2.75) is 78.5 Å². The maximum absolute atomic E-state index is 14.0. The lowest BCUT2D eigenvalue weighted by Gasteiger charge is -2.55. The topological polar surface area (TPSA) is 256 Å². The van der Waals surface area contributed by atoms with Crippen LogP contribution < -0.4 is 20.3 Å². The highest BCUT2D eigenvalue weighted by molar-refractivity contribution is 7.86. The third-order valence-corrected chi connectivity index (χ3v) is 16.2. The number of nitrogens with zero attached hydrogens (tertiary/aromatic N) is 6. The predicted octanol–water partition coefficient (Wildman–Crippen LogP) is 6.04. The number of carboxylic acid groups (broad SMARTS) is 1. The lowest BCUT2D eigenvalue weighted by Crippen LogP contribution is -2.49. The van der Waals surface area contributed by atoms with Crippen LogP contribution in [-0.4, -0.2) is 138 Å². The highest BCUT2D eigenvalue weighted by atomic mass is 32.2. The van der Waals surface area contributed by atoms with Gasteiger partial charge in [-0.2, -0.15) is 21.9 Å². The third-order valence-electron chi connectivity index (χ3n) is 13.8. The first kappa shape index (κ1) is 51.3. The van der Waals surface area contributed by atoms with Crippen LogP contribution in [0.15, 0.2) is 54.7 Å². The number of nitrogens with one attached hydrogen (secondary N) is 2. The average molecular weight is 1020 g/mol. The van der Waals surface area contributed by atoms with Crippen LogP contribution in [0, 0.1) is 23.7 Å². The van der Waals surface area contributed by atoms with Crippen LogP contribution in [0.2, 0.25) is 0 Å². The zero-order chi connectivity index (χ0) is 50.0. The van der Waals surface area contributed by atoms with Gasteiger partial charge in [0.25, 0.3) is 26.1 Å². The molecule has 0 spiro atoms. The number of para-hydroxylation sites is 1. The van der Waals surface area contributed by atoms with Crippen LogP contribution >= 0.6 is 11.3 Å². The minimum atomic E-state index is -4.10. The number of carbonyl (C=O) groups excluding carboxylic acids is 1. The Bertz CT molecular complexity index is 2930. The van der Waals surface area contributed by atoms with Gasteiger partial charge in [0.2, 0.25) is 0 Å². The molecule has 2 aliphatic carbocycles. The summed E-state index contributed by atoms with van der Waals surface area (Å²) >= 11 is 1.37. The number of hydrogen-bond donors (Lipinski definition) is 5. The van der Waals surface area contributed by atoms with Gasteiger partial charge in [-0.25, -0.2) is 14.8 Å². The second-order valence-electron chi connectivity index (χ2n) is 19.7. The number of pyridine rings is 1. The smallest absolute Gasteiger partial charge is 0.355 e. The molecule has 5 aromatic rings. The van der Waals surface area contributed by atoms with Gasteiger partial charge in [-0.15, -0.1) is 0 Å². The van der Waals surface area contributed by atoms with Crippen molar-refractivity contribution in [2.75, 3.05) is 74.7 Å². The van der Waals surface area contributed by atoms with E-state index in [2.05, 4.69) is 29.5 Å². The van der Waals surface area contributed by atoms with Gasteiger partial charge in [0.05, 0.1) is 40.6 Å². The van der Waals surface area contributed by atoms with Gasteiger partial charge in [-0.05, 0) is 111 Å². The number of likely N-dealkylation sites (N-methyl/N-ethyl adjacent to an activating group) is 1. The fourth-order valence-electron chi connectivity index (χ4n) is 11.2. The van der Waals surface area contributed by atoms with E-state index in [4.69, 9.17) is 28.7 Å². The molecule has 1 amide bonds. The average Bonchev–Trinajstić information content (AvgIpc) is 3.86. The van der Waals surface area contributed by atoms with Crippen LogP contribution in [0.1, 0.15) is 83.6 Å². The van der Waals surface area contributed by atoms with E-state index < -0.39 is 32.0 Å². The van der Waals surface area contributed by atoms with Crippen molar-refractivity contribution in [3.63, 3.8) is 0 Å². The standard InChI is InChI=1S/C48H62N8O11S3/c1-31-23-47(3)25-33(66-20-17-54(4)18-22-70(63,64)65)26-48(24-31,29-47)30-56-32(2)37(27-50-56)35-10-12-42(52-43(35)45(58)59)55-16-13-34-38(28-55)36(9-11-40(34)67-19-14-49-15-21-69(60,61)62)44(57)53-46-51-39-7-5-6-8-41(39)68-46/h5-12,27,31,33,49H,13-26,28-30H2,1-4H3,(H,58,59)(H,51,53,57)(H,60,61,62)(H,63,64,65). The number of thiazole rings is 1. The summed E-state index contributed by atoms with van der Waals surface area (Å²) < 4.78 is 78.6. The minimum absolute atomic E-state index is 0.00636. The molecule has 378 valence electrons. The summed E-state index contributed by atoms with van der Waals surface area (Å²) in [5, 5.41) is 21.9. The van der Waals surface area contributed by atoms with Crippen LogP contribution in [0.3, 0.4) is 0 Å². The fraction of sp³-hybridized carbons (Fsp3) is 0.521. The van der Waals surface area contributed by atoms with Crippen molar-refractivity contribution in [1.82, 2.24) is 30.0 Å². The molecule has 2 aromatic carbocycles. The highest BCUT2D eigenvalue weighted by Gasteiger charge is 2.51. The molecule has 4 unspecified atom stereocenters. The molecular formula is C48H62N8O11S3. The Kier molecular flexibility index (Phi) is 15.4. The van der Waals surface area contributed by atoms with E-state index >= 15 is 0 Å². The Hall–Kier alpha value is -5.07. The molecule has 22 heteroatoms. The van der Waals surface area contributed by atoms with E-state index in [1.54, 1.807) is 37.5 Å². The third kappa shape index (κ3) is 12.5. The van der Waals surface area contributed by atoms with E-state index in [1.807, 2.05) is 45.7 Å². The zero-order valence-electron chi connectivity index (χ0n) is 39.9. The van der Waals surface area contributed by atoms with Gasteiger partial charge in [0.1, 0.15) is 18.2 Å². The van der Waals surface area contributed by atoms with Crippen molar-refractivity contribution in [2.24, 2.45) is 16.7 Å². The summed E-state index contributed by atoms with van der Waals surface area (Å²) in [6.07, 6.45) is 7.03. The summed E-state index contributed by atoms with van der Waals surface area (Å²) in [4.78, 5) is 40.2. The first-order valence-corrected chi connectivity index (χ1v) is 27.6. The van der Waals surface area contributed by atoms with Gasteiger partial charge < -0.3 is 29.7 Å². The maximum atomic E-state index is 14.0. The van der Waals surface area contributed by atoms with E-state index in [0.717, 1.165) is 53.6 Å². The molecule has 3 aromatic heterocycles.